The van der Waals surface area contributed by atoms with Crippen molar-refractivity contribution in [2.24, 2.45) is 0 Å². The molecule has 0 aromatic heterocycles. The van der Waals surface area contributed by atoms with E-state index in [9.17, 15) is 9.18 Å². The molecule has 0 aliphatic heterocycles. The first kappa shape index (κ1) is 6.93. The average molecular weight is 137 g/mol. The quantitative estimate of drug-likeness (QED) is 0.540. The van der Waals surface area contributed by atoms with E-state index in [1.165, 1.54) is 18.2 Å². The van der Waals surface area contributed by atoms with E-state index in [-0.39, 0.29) is 5.78 Å². The van der Waals surface area contributed by atoms with E-state index in [0.29, 0.717) is 5.56 Å². The zero-order chi connectivity index (χ0) is 7.56. The van der Waals surface area contributed by atoms with Gasteiger partial charge in [0.05, 0.1) is 0 Å². The van der Waals surface area contributed by atoms with E-state index in [4.69, 9.17) is 0 Å². The van der Waals surface area contributed by atoms with Gasteiger partial charge in [-0.3, -0.25) is 4.79 Å². The van der Waals surface area contributed by atoms with Gasteiger partial charge in [0.15, 0.2) is 5.78 Å². The Kier molecular flexibility index (Phi) is 1.81. The van der Waals surface area contributed by atoms with E-state index in [0.717, 1.165) is 6.07 Å². The van der Waals surface area contributed by atoms with E-state index >= 15 is 0 Å². The lowest BCUT2D eigenvalue weighted by atomic mass is 10.1. The first-order chi connectivity index (χ1) is 4.70. The summed E-state index contributed by atoms with van der Waals surface area (Å²) in [7, 11) is 0. The van der Waals surface area contributed by atoms with Gasteiger partial charge in [-0.1, -0.05) is 12.1 Å². The maximum absolute atomic E-state index is 12.3. The summed E-state index contributed by atoms with van der Waals surface area (Å²) < 4.78 is 12.3. The molecule has 0 N–H and O–H groups in total. The van der Waals surface area contributed by atoms with E-state index in [2.05, 4.69) is 6.92 Å². The molecule has 0 bridgehead atoms. The predicted octanol–water partition coefficient (Wildman–Crippen LogP) is 1.84. The zero-order valence-corrected chi connectivity index (χ0v) is 5.30. The van der Waals surface area contributed by atoms with Gasteiger partial charge in [0.25, 0.3) is 0 Å². The molecule has 0 amide bonds. The molecule has 0 saturated heterocycles. The van der Waals surface area contributed by atoms with Gasteiger partial charge in [-0.25, -0.2) is 4.39 Å². The summed E-state index contributed by atoms with van der Waals surface area (Å²) >= 11 is 0. The highest BCUT2D eigenvalue weighted by molar-refractivity contribution is 5.99. The van der Waals surface area contributed by atoms with Crippen LogP contribution in [0.5, 0.6) is 0 Å². The van der Waals surface area contributed by atoms with Crippen LogP contribution in [0.3, 0.4) is 0 Å². The van der Waals surface area contributed by atoms with Crippen molar-refractivity contribution in [3.05, 3.63) is 42.6 Å². The Morgan fingerprint density at radius 3 is 2.60 bits per heavy atom. The molecule has 1 rings (SSSR count). The fourth-order valence-electron chi connectivity index (χ4n) is 0.662. The number of halogens is 1. The summed E-state index contributed by atoms with van der Waals surface area (Å²) in [6.07, 6.45) is 0. The molecule has 0 heterocycles. The lowest BCUT2D eigenvalue weighted by Crippen LogP contribution is -1.91. The van der Waals surface area contributed by atoms with Crippen LogP contribution in [-0.4, -0.2) is 5.78 Å². The van der Waals surface area contributed by atoms with Gasteiger partial charge < -0.3 is 0 Å². The lowest BCUT2D eigenvalue weighted by molar-refractivity contribution is 0.104. The van der Waals surface area contributed by atoms with Crippen LogP contribution in [0.15, 0.2) is 24.3 Å². The van der Waals surface area contributed by atoms with Crippen LogP contribution in [0, 0.1) is 12.7 Å². The summed E-state index contributed by atoms with van der Waals surface area (Å²) in [5.41, 5.74) is 0.306. The fourth-order valence-corrected chi connectivity index (χ4v) is 0.662. The number of Topliss-reactive ketones (excluding diaryl/α,β-unsaturated/α-hetero) is 1. The maximum atomic E-state index is 12.3. The van der Waals surface area contributed by atoms with Crippen LogP contribution in [0.25, 0.3) is 0 Å². The second kappa shape index (κ2) is 2.60. The third kappa shape index (κ3) is 1.41. The molecule has 0 aliphatic rings. The molecular formula is C8H6FO. The standard InChI is InChI=1S/C8H6FO/c1-6(10)7-3-2-4-8(9)5-7/h2-5H,1H2. The Bertz CT molecular complexity index is 255. The van der Waals surface area contributed by atoms with Crippen LogP contribution >= 0.6 is 0 Å². The Labute approximate surface area is 58.5 Å². The monoisotopic (exact) mass is 137 g/mol. The number of carbonyl (C=O) groups is 1. The number of rotatable bonds is 1. The topological polar surface area (TPSA) is 17.1 Å². The van der Waals surface area contributed by atoms with Gasteiger partial charge in [-0.15, -0.1) is 0 Å². The SMILES string of the molecule is [CH2]C(=O)c1cccc(F)c1. The summed E-state index contributed by atoms with van der Waals surface area (Å²) in [5, 5.41) is 0. The van der Waals surface area contributed by atoms with E-state index in [1.54, 1.807) is 0 Å². The highest BCUT2D eigenvalue weighted by atomic mass is 19.1. The Morgan fingerprint density at radius 2 is 2.20 bits per heavy atom. The molecule has 0 unspecified atom stereocenters. The minimum absolute atomic E-state index is 0.306. The maximum Gasteiger partial charge on any atom is 0.163 e. The Balaban J connectivity index is 3.07. The summed E-state index contributed by atoms with van der Waals surface area (Å²) in [6, 6.07) is 5.45. The van der Waals surface area contributed by atoms with Crippen LogP contribution < -0.4 is 0 Å². The highest BCUT2D eigenvalue weighted by Crippen LogP contribution is 2.02. The molecule has 0 atom stereocenters. The van der Waals surface area contributed by atoms with E-state index in [1.807, 2.05) is 0 Å². The molecule has 0 saturated carbocycles. The second-order valence-corrected chi connectivity index (χ2v) is 1.93. The van der Waals surface area contributed by atoms with Crippen LogP contribution in [-0.2, 0) is 0 Å². The first-order valence-corrected chi connectivity index (χ1v) is 2.82. The van der Waals surface area contributed by atoms with Crippen molar-refractivity contribution in [2.75, 3.05) is 0 Å². The molecule has 51 valence electrons. The summed E-state index contributed by atoms with van der Waals surface area (Å²) in [6.45, 7) is 3.14. The Morgan fingerprint density at radius 1 is 1.50 bits per heavy atom. The number of hydrogen-bond donors (Lipinski definition) is 0. The van der Waals surface area contributed by atoms with Crippen molar-refractivity contribution in [3.8, 4) is 0 Å². The molecule has 0 spiro atoms. The van der Waals surface area contributed by atoms with Crippen LogP contribution in [0.2, 0.25) is 0 Å². The number of carbonyl (C=O) groups excluding carboxylic acids is 1. The average Bonchev–Trinajstić information content (AvgIpc) is 1.88. The van der Waals surface area contributed by atoms with Crippen LogP contribution in [0.1, 0.15) is 10.4 Å². The van der Waals surface area contributed by atoms with Crippen LogP contribution in [0.4, 0.5) is 4.39 Å². The minimum atomic E-state index is -0.408. The lowest BCUT2D eigenvalue weighted by Gasteiger charge is -1.92. The molecule has 10 heavy (non-hydrogen) atoms. The normalized spacial score (nSPS) is 9.40. The smallest absolute Gasteiger partial charge is 0.163 e. The van der Waals surface area contributed by atoms with Gasteiger partial charge in [-0.2, -0.15) is 0 Å². The predicted molar refractivity (Wildman–Crippen MR) is 36.1 cm³/mol. The second-order valence-electron chi connectivity index (χ2n) is 1.93. The summed E-state index contributed by atoms with van der Waals surface area (Å²) in [4.78, 5) is 10.5. The number of hydrogen-bond acceptors (Lipinski definition) is 1. The van der Waals surface area contributed by atoms with Gasteiger partial charge >= 0.3 is 0 Å². The molecule has 0 aliphatic carbocycles. The van der Waals surface area contributed by atoms with Crippen molar-refractivity contribution in [2.45, 2.75) is 0 Å². The van der Waals surface area contributed by atoms with Crippen molar-refractivity contribution in [1.82, 2.24) is 0 Å². The van der Waals surface area contributed by atoms with Gasteiger partial charge in [0, 0.05) is 12.5 Å². The Hall–Kier alpha value is -1.18. The molecular weight excluding hydrogens is 131 g/mol. The third-order valence-corrected chi connectivity index (χ3v) is 1.15. The van der Waals surface area contributed by atoms with Crippen molar-refractivity contribution in [3.63, 3.8) is 0 Å². The van der Waals surface area contributed by atoms with Crippen molar-refractivity contribution >= 4 is 5.78 Å². The van der Waals surface area contributed by atoms with Gasteiger partial charge in [-0.05, 0) is 12.1 Å². The molecule has 1 aromatic rings. The highest BCUT2D eigenvalue weighted by Gasteiger charge is 1.98. The zero-order valence-electron chi connectivity index (χ0n) is 5.30. The van der Waals surface area contributed by atoms with Crippen molar-refractivity contribution in [1.29, 1.82) is 0 Å². The first-order valence-electron chi connectivity index (χ1n) is 2.82. The summed E-state index contributed by atoms with van der Waals surface area (Å²) in [5.74, 6) is -0.769. The van der Waals surface area contributed by atoms with Gasteiger partial charge in [0.2, 0.25) is 0 Å². The molecule has 1 nitrogen and oxygen atoms in total. The van der Waals surface area contributed by atoms with E-state index < -0.39 is 5.82 Å². The number of ketones is 1. The number of benzene rings is 1. The van der Waals surface area contributed by atoms with Crippen molar-refractivity contribution < 1.29 is 9.18 Å². The molecule has 1 aromatic carbocycles. The third-order valence-electron chi connectivity index (χ3n) is 1.15. The largest absolute Gasteiger partial charge is 0.294 e. The fraction of sp³-hybridized carbons (Fsp3) is 0. The van der Waals surface area contributed by atoms with Gasteiger partial charge in [0.1, 0.15) is 5.82 Å². The molecule has 2 heteroatoms. The molecule has 1 radical (unpaired) electrons. The minimum Gasteiger partial charge on any atom is -0.294 e. The molecule has 0 fully saturated rings.